The molecule has 0 aliphatic heterocycles. The summed E-state index contributed by atoms with van der Waals surface area (Å²) in [5.74, 6) is 1.59. The monoisotopic (exact) mass is 292 g/mol. The Morgan fingerprint density at radius 1 is 1.25 bits per heavy atom. The summed E-state index contributed by atoms with van der Waals surface area (Å²) < 4.78 is 5.15. The summed E-state index contributed by atoms with van der Waals surface area (Å²) in [6.07, 6.45) is 5.19. The zero-order valence-corrected chi connectivity index (χ0v) is 13.1. The summed E-state index contributed by atoms with van der Waals surface area (Å²) >= 11 is 5.39. The molecule has 0 radical (unpaired) electrons. The molecule has 20 heavy (non-hydrogen) atoms. The minimum absolute atomic E-state index is 0.527. The van der Waals surface area contributed by atoms with Gasteiger partial charge in [0.05, 0.1) is 7.11 Å². The lowest BCUT2D eigenvalue weighted by Gasteiger charge is -2.30. The first kappa shape index (κ1) is 15.1. The van der Waals surface area contributed by atoms with Gasteiger partial charge in [0.25, 0.3) is 0 Å². The van der Waals surface area contributed by atoms with Crippen LogP contribution in [0.4, 0.5) is 0 Å². The van der Waals surface area contributed by atoms with Crippen LogP contribution in [0.5, 0.6) is 5.75 Å². The molecule has 0 amide bonds. The normalized spacial score (nSPS) is 22.1. The predicted octanol–water partition coefficient (Wildman–Crippen LogP) is 3.24. The molecule has 2 rings (SSSR count). The second-order valence-electron chi connectivity index (χ2n) is 5.54. The zero-order valence-electron chi connectivity index (χ0n) is 12.3. The molecule has 1 fully saturated rings. The number of methoxy groups -OCH3 is 1. The first-order valence-corrected chi connectivity index (χ1v) is 7.77. The van der Waals surface area contributed by atoms with Gasteiger partial charge in [0.1, 0.15) is 5.75 Å². The molecule has 1 saturated carbocycles. The highest BCUT2D eigenvalue weighted by atomic mass is 32.1. The van der Waals surface area contributed by atoms with Gasteiger partial charge in [-0.1, -0.05) is 31.9 Å². The summed E-state index contributed by atoms with van der Waals surface area (Å²) in [7, 11) is 1.68. The molecule has 1 aliphatic rings. The maximum absolute atomic E-state index is 5.39. The second-order valence-corrected chi connectivity index (χ2v) is 5.95. The highest BCUT2D eigenvalue weighted by molar-refractivity contribution is 7.80. The number of ether oxygens (including phenoxy) is 1. The number of benzene rings is 1. The van der Waals surface area contributed by atoms with Crippen LogP contribution >= 0.6 is 12.2 Å². The maximum Gasteiger partial charge on any atom is 0.166 e. The van der Waals surface area contributed by atoms with Crippen LogP contribution in [0.25, 0.3) is 0 Å². The number of nitrogens with one attached hydrogen (secondary N) is 2. The second kappa shape index (κ2) is 7.48. The summed E-state index contributed by atoms with van der Waals surface area (Å²) in [5.41, 5.74) is 1.20. The van der Waals surface area contributed by atoms with E-state index >= 15 is 0 Å². The van der Waals surface area contributed by atoms with Crippen molar-refractivity contribution in [2.24, 2.45) is 5.92 Å². The molecule has 1 aromatic carbocycles. The Morgan fingerprint density at radius 2 is 1.95 bits per heavy atom. The fourth-order valence-electron chi connectivity index (χ4n) is 2.68. The van der Waals surface area contributed by atoms with E-state index in [1.807, 2.05) is 12.1 Å². The quantitative estimate of drug-likeness (QED) is 0.835. The minimum atomic E-state index is 0.527. The highest BCUT2D eigenvalue weighted by Crippen LogP contribution is 2.23. The van der Waals surface area contributed by atoms with Crippen LogP contribution in [0.2, 0.25) is 0 Å². The van der Waals surface area contributed by atoms with E-state index in [1.165, 1.54) is 31.2 Å². The molecule has 0 heterocycles. The fourth-order valence-corrected chi connectivity index (χ4v) is 2.90. The average molecular weight is 292 g/mol. The Labute approximate surface area is 127 Å². The van der Waals surface area contributed by atoms with E-state index in [0.717, 1.165) is 17.4 Å². The van der Waals surface area contributed by atoms with Crippen LogP contribution < -0.4 is 15.4 Å². The third kappa shape index (κ3) is 4.37. The van der Waals surface area contributed by atoms with E-state index in [9.17, 15) is 0 Å². The van der Waals surface area contributed by atoms with E-state index in [2.05, 4.69) is 29.7 Å². The molecule has 4 heteroatoms. The minimum Gasteiger partial charge on any atom is -0.497 e. The topological polar surface area (TPSA) is 33.3 Å². The number of thiocarbonyl (C=S) groups is 1. The van der Waals surface area contributed by atoms with Gasteiger partial charge in [0.2, 0.25) is 0 Å². The van der Waals surface area contributed by atoms with Crippen molar-refractivity contribution in [3.63, 3.8) is 0 Å². The van der Waals surface area contributed by atoms with Gasteiger partial charge in [0, 0.05) is 12.6 Å². The van der Waals surface area contributed by atoms with Crippen molar-refractivity contribution in [1.82, 2.24) is 10.6 Å². The van der Waals surface area contributed by atoms with Gasteiger partial charge in [-0.05, 0) is 48.7 Å². The lowest BCUT2D eigenvalue weighted by Crippen LogP contribution is -2.45. The predicted molar refractivity (Wildman–Crippen MR) is 87.0 cm³/mol. The Balaban J connectivity index is 1.76. The standard InChI is InChI=1S/C16H24N2OS/c1-12-5-3-4-6-15(12)18-16(20)17-11-13-7-9-14(19-2)10-8-13/h7-10,12,15H,3-6,11H2,1-2H3,(H2,17,18,20)/t12-,15-/m0/s1. The number of rotatable bonds is 4. The lowest BCUT2D eigenvalue weighted by atomic mass is 9.86. The van der Waals surface area contributed by atoms with Crippen molar-refractivity contribution in [3.05, 3.63) is 29.8 Å². The van der Waals surface area contributed by atoms with Crippen molar-refractivity contribution in [3.8, 4) is 5.75 Å². The lowest BCUT2D eigenvalue weighted by molar-refractivity contribution is 0.308. The Morgan fingerprint density at radius 3 is 2.60 bits per heavy atom. The molecule has 1 aromatic rings. The van der Waals surface area contributed by atoms with E-state index in [4.69, 9.17) is 17.0 Å². The SMILES string of the molecule is COc1ccc(CNC(=S)N[C@H]2CCCC[C@@H]2C)cc1. The van der Waals surface area contributed by atoms with Gasteiger partial charge in [0.15, 0.2) is 5.11 Å². The zero-order chi connectivity index (χ0) is 14.4. The molecular formula is C16H24N2OS. The summed E-state index contributed by atoms with van der Waals surface area (Å²) in [6, 6.07) is 8.57. The molecule has 2 N–H and O–H groups in total. The Bertz CT molecular complexity index is 433. The maximum atomic E-state index is 5.39. The van der Waals surface area contributed by atoms with Crippen molar-refractivity contribution >= 4 is 17.3 Å². The molecule has 0 spiro atoms. The summed E-state index contributed by atoms with van der Waals surface area (Å²) in [4.78, 5) is 0. The molecule has 1 aliphatic carbocycles. The smallest absolute Gasteiger partial charge is 0.166 e. The van der Waals surface area contributed by atoms with E-state index in [1.54, 1.807) is 7.11 Å². The summed E-state index contributed by atoms with van der Waals surface area (Å²) in [5, 5.41) is 7.50. The fraction of sp³-hybridized carbons (Fsp3) is 0.562. The first-order valence-electron chi connectivity index (χ1n) is 7.36. The van der Waals surface area contributed by atoms with Gasteiger partial charge in [-0.2, -0.15) is 0 Å². The third-order valence-corrected chi connectivity index (χ3v) is 4.30. The van der Waals surface area contributed by atoms with Crippen LogP contribution in [0.1, 0.15) is 38.2 Å². The first-order chi connectivity index (χ1) is 9.69. The largest absolute Gasteiger partial charge is 0.497 e. The van der Waals surface area contributed by atoms with Crippen molar-refractivity contribution < 1.29 is 4.74 Å². The third-order valence-electron chi connectivity index (χ3n) is 4.04. The molecule has 0 bridgehead atoms. The van der Waals surface area contributed by atoms with Gasteiger partial charge in [-0.15, -0.1) is 0 Å². The van der Waals surface area contributed by atoms with Crippen LogP contribution in [0, 0.1) is 5.92 Å². The van der Waals surface area contributed by atoms with Gasteiger partial charge < -0.3 is 15.4 Å². The number of hydrogen-bond donors (Lipinski definition) is 2. The Kier molecular flexibility index (Phi) is 5.65. The molecule has 3 nitrogen and oxygen atoms in total. The molecule has 2 atom stereocenters. The van der Waals surface area contributed by atoms with Crippen LogP contribution in [-0.4, -0.2) is 18.3 Å². The molecule has 0 saturated heterocycles. The highest BCUT2D eigenvalue weighted by Gasteiger charge is 2.21. The van der Waals surface area contributed by atoms with Crippen LogP contribution in [0.15, 0.2) is 24.3 Å². The van der Waals surface area contributed by atoms with Crippen molar-refractivity contribution in [2.75, 3.05) is 7.11 Å². The van der Waals surface area contributed by atoms with Crippen LogP contribution in [0.3, 0.4) is 0 Å². The van der Waals surface area contributed by atoms with E-state index in [0.29, 0.717) is 12.0 Å². The average Bonchev–Trinajstić information content (AvgIpc) is 2.48. The molecule has 0 aromatic heterocycles. The van der Waals surface area contributed by atoms with E-state index in [-0.39, 0.29) is 0 Å². The van der Waals surface area contributed by atoms with Gasteiger partial charge in [-0.3, -0.25) is 0 Å². The van der Waals surface area contributed by atoms with Crippen molar-refractivity contribution in [2.45, 2.75) is 45.2 Å². The molecular weight excluding hydrogens is 268 g/mol. The Hall–Kier alpha value is -1.29. The van der Waals surface area contributed by atoms with Gasteiger partial charge in [-0.25, -0.2) is 0 Å². The van der Waals surface area contributed by atoms with Gasteiger partial charge >= 0.3 is 0 Å². The van der Waals surface area contributed by atoms with Crippen LogP contribution in [-0.2, 0) is 6.54 Å². The van der Waals surface area contributed by atoms with E-state index < -0.39 is 0 Å². The summed E-state index contributed by atoms with van der Waals surface area (Å²) in [6.45, 7) is 3.06. The van der Waals surface area contributed by atoms with Crippen molar-refractivity contribution in [1.29, 1.82) is 0 Å². The number of hydrogen-bond acceptors (Lipinski definition) is 2. The molecule has 110 valence electrons. The molecule has 0 unspecified atom stereocenters.